The zero-order valence-corrected chi connectivity index (χ0v) is 11.4. The molecule has 98 valence electrons. The highest BCUT2D eigenvalue weighted by molar-refractivity contribution is 5.92. The standard InChI is InChI=1S/C17H19NO/c1-17(2)10-12(9-13(19)11-17)14-5-3-7-16-15(14)6-4-8-18-16/h3-9,13,19H,10-11H2,1-2H3. The predicted molar refractivity (Wildman–Crippen MR) is 78.7 cm³/mol. The van der Waals surface area contributed by atoms with Crippen LogP contribution in [0.5, 0.6) is 0 Å². The Bertz CT molecular complexity index is 637. The van der Waals surface area contributed by atoms with Crippen molar-refractivity contribution in [1.29, 1.82) is 0 Å². The quantitative estimate of drug-likeness (QED) is 0.838. The Hall–Kier alpha value is -1.67. The summed E-state index contributed by atoms with van der Waals surface area (Å²) in [5.74, 6) is 0. The summed E-state index contributed by atoms with van der Waals surface area (Å²) in [6.07, 6.45) is 5.32. The zero-order chi connectivity index (χ0) is 13.5. The Kier molecular flexibility index (Phi) is 2.90. The van der Waals surface area contributed by atoms with E-state index in [9.17, 15) is 5.11 Å². The van der Waals surface area contributed by atoms with E-state index in [1.807, 2.05) is 30.5 Å². The second-order valence-corrected chi connectivity index (χ2v) is 6.18. The molecule has 2 heteroatoms. The SMILES string of the molecule is CC1(C)CC(c2cccc3ncccc23)=CC(O)C1. The average molecular weight is 253 g/mol. The lowest BCUT2D eigenvalue weighted by atomic mass is 9.74. The smallest absolute Gasteiger partial charge is 0.0732 e. The molecule has 19 heavy (non-hydrogen) atoms. The molecule has 0 saturated carbocycles. The molecule has 2 nitrogen and oxygen atoms in total. The van der Waals surface area contributed by atoms with E-state index in [-0.39, 0.29) is 11.5 Å². The zero-order valence-electron chi connectivity index (χ0n) is 11.4. The molecule has 1 aromatic heterocycles. The number of aliphatic hydroxyl groups excluding tert-OH is 1. The molecule has 1 aromatic carbocycles. The maximum Gasteiger partial charge on any atom is 0.0732 e. The average Bonchev–Trinajstić information content (AvgIpc) is 2.35. The van der Waals surface area contributed by atoms with Crippen LogP contribution in [0.4, 0.5) is 0 Å². The maximum absolute atomic E-state index is 10.1. The van der Waals surface area contributed by atoms with Crippen LogP contribution >= 0.6 is 0 Å². The van der Waals surface area contributed by atoms with Crippen LogP contribution in [0.1, 0.15) is 32.3 Å². The van der Waals surface area contributed by atoms with E-state index >= 15 is 0 Å². The monoisotopic (exact) mass is 253 g/mol. The van der Waals surface area contributed by atoms with Crippen LogP contribution in [-0.4, -0.2) is 16.2 Å². The van der Waals surface area contributed by atoms with Crippen molar-refractivity contribution in [2.24, 2.45) is 5.41 Å². The van der Waals surface area contributed by atoms with Gasteiger partial charge in [0.15, 0.2) is 0 Å². The fourth-order valence-electron chi connectivity index (χ4n) is 3.07. The molecule has 1 heterocycles. The molecule has 0 saturated heterocycles. The van der Waals surface area contributed by atoms with E-state index in [0.29, 0.717) is 0 Å². The summed E-state index contributed by atoms with van der Waals surface area (Å²) in [6.45, 7) is 4.43. The number of nitrogens with zero attached hydrogens (tertiary/aromatic N) is 1. The highest BCUT2D eigenvalue weighted by atomic mass is 16.3. The molecule has 0 amide bonds. The molecule has 0 bridgehead atoms. The number of benzene rings is 1. The van der Waals surface area contributed by atoms with Gasteiger partial charge in [-0.2, -0.15) is 0 Å². The lowest BCUT2D eigenvalue weighted by molar-refractivity contribution is 0.146. The Balaban J connectivity index is 2.14. The first-order valence-electron chi connectivity index (χ1n) is 6.78. The van der Waals surface area contributed by atoms with Gasteiger partial charge in [0, 0.05) is 11.6 Å². The van der Waals surface area contributed by atoms with E-state index in [0.717, 1.165) is 18.4 Å². The van der Waals surface area contributed by atoms with Crippen LogP contribution in [0.25, 0.3) is 16.5 Å². The molecule has 1 aliphatic carbocycles. The van der Waals surface area contributed by atoms with Gasteiger partial charge in [0.25, 0.3) is 0 Å². The Morgan fingerprint density at radius 1 is 1.21 bits per heavy atom. The largest absolute Gasteiger partial charge is 0.389 e. The molecule has 3 rings (SSSR count). The predicted octanol–water partition coefficient (Wildman–Crippen LogP) is 3.80. The van der Waals surface area contributed by atoms with Crippen molar-refractivity contribution in [3.63, 3.8) is 0 Å². The summed E-state index contributed by atoms with van der Waals surface area (Å²) in [4.78, 5) is 4.40. The Morgan fingerprint density at radius 2 is 2.05 bits per heavy atom. The molecule has 0 spiro atoms. The van der Waals surface area contributed by atoms with Crippen molar-refractivity contribution in [1.82, 2.24) is 4.98 Å². The van der Waals surface area contributed by atoms with Crippen LogP contribution in [-0.2, 0) is 0 Å². The third-order valence-electron chi connectivity index (χ3n) is 3.82. The van der Waals surface area contributed by atoms with Gasteiger partial charge < -0.3 is 5.11 Å². The minimum absolute atomic E-state index is 0.147. The molecule has 0 aliphatic heterocycles. The van der Waals surface area contributed by atoms with E-state index in [1.165, 1.54) is 16.5 Å². The summed E-state index contributed by atoms with van der Waals surface area (Å²) in [5.41, 5.74) is 3.60. The number of aliphatic hydroxyl groups is 1. The van der Waals surface area contributed by atoms with Crippen molar-refractivity contribution in [2.75, 3.05) is 0 Å². The van der Waals surface area contributed by atoms with Crippen molar-refractivity contribution >= 4 is 16.5 Å². The molecule has 1 N–H and O–H groups in total. The first-order chi connectivity index (χ1) is 9.05. The Labute approximate surface area is 113 Å². The van der Waals surface area contributed by atoms with Crippen LogP contribution < -0.4 is 0 Å². The lowest BCUT2D eigenvalue weighted by Gasteiger charge is -2.33. The number of pyridine rings is 1. The Morgan fingerprint density at radius 3 is 2.84 bits per heavy atom. The first kappa shape index (κ1) is 12.4. The van der Waals surface area contributed by atoms with E-state index in [2.05, 4.69) is 31.0 Å². The van der Waals surface area contributed by atoms with E-state index in [4.69, 9.17) is 0 Å². The van der Waals surface area contributed by atoms with Gasteiger partial charge in [0.2, 0.25) is 0 Å². The topological polar surface area (TPSA) is 33.1 Å². The van der Waals surface area contributed by atoms with Gasteiger partial charge in [0.05, 0.1) is 11.6 Å². The fraction of sp³-hybridized carbons (Fsp3) is 0.353. The number of allylic oxidation sites excluding steroid dienone is 1. The number of hydrogen-bond donors (Lipinski definition) is 1. The summed E-state index contributed by atoms with van der Waals surface area (Å²) < 4.78 is 0. The number of fused-ring (bicyclic) bond motifs is 1. The number of rotatable bonds is 1. The van der Waals surface area contributed by atoms with Crippen molar-refractivity contribution < 1.29 is 5.11 Å². The molecule has 1 atom stereocenters. The van der Waals surface area contributed by atoms with Gasteiger partial charge in [-0.25, -0.2) is 0 Å². The minimum atomic E-state index is -0.342. The molecule has 1 unspecified atom stereocenters. The van der Waals surface area contributed by atoms with Gasteiger partial charge >= 0.3 is 0 Å². The third-order valence-corrected chi connectivity index (χ3v) is 3.82. The van der Waals surface area contributed by atoms with Gasteiger partial charge in [-0.3, -0.25) is 4.98 Å². The van der Waals surface area contributed by atoms with Gasteiger partial charge in [-0.15, -0.1) is 0 Å². The minimum Gasteiger partial charge on any atom is -0.389 e. The lowest BCUT2D eigenvalue weighted by Crippen LogP contribution is -2.24. The van der Waals surface area contributed by atoms with Crippen LogP contribution in [0.15, 0.2) is 42.6 Å². The molecular weight excluding hydrogens is 234 g/mol. The van der Waals surface area contributed by atoms with E-state index < -0.39 is 0 Å². The summed E-state index contributed by atoms with van der Waals surface area (Å²) in [5, 5.41) is 11.2. The van der Waals surface area contributed by atoms with Gasteiger partial charge in [0.1, 0.15) is 0 Å². The second kappa shape index (κ2) is 4.46. The highest BCUT2D eigenvalue weighted by Crippen LogP contribution is 2.40. The van der Waals surface area contributed by atoms with Crippen LogP contribution in [0.3, 0.4) is 0 Å². The van der Waals surface area contributed by atoms with Crippen molar-refractivity contribution in [3.8, 4) is 0 Å². The van der Waals surface area contributed by atoms with Crippen LogP contribution in [0, 0.1) is 5.41 Å². The summed E-state index contributed by atoms with van der Waals surface area (Å²) >= 11 is 0. The van der Waals surface area contributed by atoms with Gasteiger partial charge in [-0.1, -0.05) is 38.1 Å². The molecule has 2 aromatic rings. The normalized spacial score (nSPS) is 22.3. The molecule has 0 radical (unpaired) electrons. The first-order valence-corrected chi connectivity index (χ1v) is 6.78. The second-order valence-electron chi connectivity index (χ2n) is 6.18. The van der Waals surface area contributed by atoms with Gasteiger partial charge in [-0.05, 0) is 41.5 Å². The summed E-state index contributed by atoms with van der Waals surface area (Å²) in [6, 6.07) is 10.3. The fourth-order valence-corrected chi connectivity index (χ4v) is 3.07. The number of hydrogen-bond acceptors (Lipinski definition) is 2. The molecule has 0 fully saturated rings. The molecule has 1 aliphatic rings. The third kappa shape index (κ3) is 2.41. The van der Waals surface area contributed by atoms with Crippen molar-refractivity contribution in [3.05, 3.63) is 48.2 Å². The number of aromatic nitrogens is 1. The summed E-state index contributed by atoms with van der Waals surface area (Å²) in [7, 11) is 0. The highest BCUT2D eigenvalue weighted by Gasteiger charge is 2.28. The van der Waals surface area contributed by atoms with E-state index in [1.54, 1.807) is 0 Å². The molecular formula is C17H19NO. The van der Waals surface area contributed by atoms with Crippen molar-refractivity contribution in [2.45, 2.75) is 32.8 Å². The maximum atomic E-state index is 10.1. The van der Waals surface area contributed by atoms with Crippen LogP contribution in [0.2, 0.25) is 0 Å².